The molecular weight excluding hydrogens is 428 g/mol. The van der Waals surface area contributed by atoms with Gasteiger partial charge in [0, 0.05) is 36.1 Å². The average molecular weight is 453 g/mol. The smallest absolute Gasteiger partial charge is 0.261 e. The molecule has 0 atom stereocenters. The molecular formula is C24H24N2O5S. The minimum atomic E-state index is -3.81. The lowest BCUT2D eigenvalue weighted by atomic mass is 9.94. The maximum atomic E-state index is 13.0. The van der Waals surface area contributed by atoms with Crippen molar-refractivity contribution in [2.24, 2.45) is 0 Å². The van der Waals surface area contributed by atoms with Crippen molar-refractivity contribution in [3.05, 3.63) is 77.4 Å². The number of carbonyl (C=O) groups is 2. The van der Waals surface area contributed by atoms with Crippen LogP contribution in [0.25, 0.3) is 10.8 Å². The summed E-state index contributed by atoms with van der Waals surface area (Å²) in [5.74, 6) is -0.760. The lowest BCUT2D eigenvalue weighted by Crippen LogP contribution is -2.42. The molecule has 1 aliphatic rings. The minimum absolute atomic E-state index is 0.0691. The van der Waals surface area contributed by atoms with Crippen molar-refractivity contribution in [3.8, 4) is 0 Å². The SMILES string of the molecule is Cc1ccc(S(=O)(=O)N(CCO)CCCN2C(=O)c3cccc4cccc(c34)C2=O)cc1. The molecule has 0 unspecified atom stereocenters. The van der Waals surface area contributed by atoms with Crippen molar-refractivity contribution < 1.29 is 23.1 Å². The van der Waals surface area contributed by atoms with E-state index >= 15 is 0 Å². The van der Waals surface area contributed by atoms with Crippen molar-refractivity contribution in [2.45, 2.75) is 18.2 Å². The predicted octanol–water partition coefficient (Wildman–Crippen LogP) is 2.82. The van der Waals surface area contributed by atoms with Crippen LogP contribution in [0, 0.1) is 6.92 Å². The van der Waals surface area contributed by atoms with Gasteiger partial charge in [-0.1, -0.05) is 42.0 Å². The maximum absolute atomic E-state index is 13.0. The Labute approximate surface area is 186 Å². The van der Waals surface area contributed by atoms with Crippen molar-refractivity contribution in [1.82, 2.24) is 9.21 Å². The van der Waals surface area contributed by atoms with Crippen molar-refractivity contribution >= 4 is 32.6 Å². The third-order valence-electron chi connectivity index (χ3n) is 5.65. The van der Waals surface area contributed by atoms with E-state index in [2.05, 4.69) is 0 Å². The molecule has 0 saturated carbocycles. The second-order valence-corrected chi connectivity index (χ2v) is 9.70. The van der Waals surface area contributed by atoms with E-state index in [-0.39, 0.29) is 49.4 Å². The Morgan fingerprint density at radius 2 is 1.47 bits per heavy atom. The first kappa shape index (κ1) is 22.1. The number of hydrogen-bond donors (Lipinski definition) is 1. The van der Waals surface area contributed by atoms with Crippen LogP contribution in [0.3, 0.4) is 0 Å². The van der Waals surface area contributed by atoms with Gasteiger partial charge in [-0.15, -0.1) is 0 Å². The largest absolute Gasteiger partial charge is 0.395 e. The average Bonchev–Trinajstić information content (AvgIpc) is 2.79. The number of aryl methyl sites for hydroxylation is 1. The van der Waals surface area contributed by atoms with Gasteiger partial charge in [0.25, 0.3) is 11.8 Å². The van der Waals surface area contributed by atoms with E-state index < -0.39 is 10.0 Å². The number of hydrogen-bond acceptors (Lipinski definition) is 5. The van der Waals surface area contributed by atoms with E-state index in [9.17, 15) is 23.1 Å². The number of carbonyl (C=O) groups excluding carboxylic acids is 2. The fourth-order valence-electron chi connectivity index (χ4n) is 4.01. The second kappa shape index (κ2) is 8.82. The van der Waals surface area contributed by atoms with E-state index in [1.54, 1.807) is 36.4 Å². The lowest BCUT2D eigenvalue weighted by Gasteiger charge is -2.28. The Balaban J connectivity index is 1.52. The zero-order chi connectivity index (χ0) is 22.9. The van der Waals surface area contributed by atoms with E-state index in [0.29, 0.717) is 16.5 Å². The minimum Gasteiger partial charge on any atom is -0.395 e. The fraction of sp³-hybridized carbons (Fsp3) is 0.250. The summed E-state index contributed by atoms with van der Waals surface area (Å²) in [6.07, 6.45) is 0.251. The van der Waals surface area contributed by atoms with Gasteiger partial charge in [-0.05, 0) is 43.0 Å². The molecule has 0 saturated heterocycles. The fourth-order valence-corrected chi connectivity index (χ4v) is 5.48. The van der Waals surface area contributed by atoms with Gasteiger partial charge in [0.15, 0.2) is 0 Å². The van der Waals surface area contributed by atoms with Gasteiger partial charge in [0.05, 0.1) is 11.5 Å². The monoisotopic (exact) mass is 452 g/mol. The molecule has 3 aromatic carbocycles. The van der Waals surface area contributed by atoms with E-state index in [1.807, 2.05) is 19.1 Å². The molecule has 1 N–H and O–H groups in total. The van der Waals surface area contributed by atoms with Crippen LogP contribution in [0.2, 0.25) is 0 Å². The molecule has 0 aromatic heterocycles. The molecule has 1 heterocycles. The molecule has 0 aliphatic carbocycles. The molecule has 0 bridgehead atoms. The molecule has 166 valence electrons. The number of amides is 2. The summed E-state index contributed by atoms with van der Waals surface area (Å²) >= 11 is 0. The van der Waals surface area contributed by atoms with E-state index in [1.165, 1.54) is 21.3 Å². The Kier molecular flexibility index (Phi) is 6.10. The van der Waals surface area contributed by atoms with Crippen molar-refractivity contribution in [2.75, 3.05) is 26.2 Å². The summed E-state index contributed by atoms with van der Waals surface area (Å²) in [6, 6.07) is 17.2. The molecule has 0 spiro atoms. The van der Waals surface area contributed by atoms with Gasteiger partial charge in [0.1, 0.15) is 0 Å². The first-order valence-corrected chi connectivity index (χ1v) is 11.8. The van der Waals surface area contributed by atoms with Crippen LogP contribution in [-0.4, -0.2) is 60.8 Å². The summed E-state index contributed by atoms with van der Waals surface area (Å²) < 4.78 is 27.2. The van der Waals surface area contributed by atoms with Crippen LogP contribution in [0.1, 0.15) is 32.7 Å². The van der Waals surface area contributed by atoms with Crippen LogP contribution in [0.5, 0.6) is 0 Å². The van der Waals surface area contributed by atoms with Gasteiger partial charge in [-0.2, -0.15) is 4.31 Å². The molecule has 32 heavy (non-hydrogen) atoms. The van der Waals surface area contributed by atoms with Crippen LogP contribution >= 0.6 is 0 Å². The summed E-state index contributed by atoms with van der Waals surface area (Å²) in [5, 5.41) is 10.9. The standard InChI is InChI=1S/C24H24N2O5S/c1-17-9-11-19(12-10-17)32(30,31)25(15-16-27)13-4-14-26-23(28)20-7-2-5-18-6-3-8-21(22(18)20)24(26)29/h2-3,5-12,27H,4,13-16H2,1H3. The number of nitrogens with zero attached hydrogens (tertiary/aromatic N) is 2. The zero-order valence-electron chi connectivity index (χ0n) is 17.7. The number of imide groups is 1. The van der Waals surface area contributed by atoms with Gasteiger partial charge < -0.3 is 5.11 Å². The van der Waals surface area contributed by atoms with Crippen LogP contribution < -0.4 is 0 Å². The number of rotatable bonds is 8. The highest BCUT2D eigenvalue weighted by molar-refractivity contribution is 7.89. The summed E-state index contributed by atoms with van der Waals surface area (Å²) in [5.41, 5.74) is 1.88. The molecule has 0 radical (unpaired) electrons. The second-order valence-electron chi connectivity index (χ2n) is 7.77. The van der Waals surface area contributed by atoms with Gasteiger partial charge >= 0.3 is 0 Å². The van der Waals surface area contributed by atoms with Crippen molar-refractivity contribution in [1.29, 1.82) is 0 Å². The predicted molar refractivity (Wildman–Crippen MR) is 121 cm³/mol. The molecule has 2 amide bonds. The summed E-state index contributed by atoms with van der Waals surface area (Å²) in [6.45, 7) is 1.61. The Bertz CT molecular complexity index is 1230. The van der Waals surface area contributed by atoms with Gasteiger partial charge in [0.2, 0.25) is 10.0 Å². The highest BCUT2D eigenvalue weighted by Gasteiger charge is 2.32. The molecule has 7 nitrogen and oxygen atoms in total. The Morgan fingerprint density at radius 1 is 0.875 bits per heavy atom. The van der Waals surface area contributed by atoms with Gasteiger partial charge in [-0.3, -0.25) is 14.5 Å². The third-order valence-corrected chi connectivity index (χ3v) is 7.57. The maximum Gasteiger partial charge on any atom is 0.261 e. The molecule has 1 aliphatic heterocycles. The van der Waals surface area contributed by atoms with Crippen LogP contribution in [0.4, 0.5) is 0 Å². The lowest BCUT2D eigenvalue weighted by molar-refractivity contribution is 0.0606. The molecule has 3 aromatic rings. The highest BCUT2D eigenvalue weighted by Crippen LogP contribution is 2.30. The quantitative estimate of drug-likeness (QED) is 0.531. The Morgan fingerprint density at radius 3 is 2.03 bits per heavy atom. The summed E-state index contributed by atoms with van der Waals surface area (Å²) in [7, 11) is -3.81. The zero-order valence-corrected chi connectivity index (χ0v) is 18.5. The van der Waals surface area contributed by atoms with E-state index in [0.717, 1.165) is 10.9 Å². The third kappa shape index (κ3) is 3.92. The van der Waals surface area contributed by atoms with Crippen molar-refractivity contribution in [3.63, 3.8) is 0 Å². The number of aliphatic hydroxyl groups is 1. The first-order valence-electron chi connectivity index (χ1n) is 10.4. The van der Waals surface area contributed by atoms with E-state index in [4.69, 9.17) is 0 Å². The summed E-state index contributed by atoms with van der Waals surface area (Å²) in [4.78, 5) is 27.3. The van der Waals surface area contributed by atoms with Crippen LogP contribution in [-0.2, 0) is 10.0 Å². The Hall–Kier alpha value is -3.07. The molecule has 4 rings (SSSR count). The first-order chi connectivity index (χ1) is 15.3. The van der Waals surface area contributed by atoms with Crippen LogP contribution in [0.15, 0.2) is 65.6 Å². The highest BCUT2D eigenvalue weighted by atomic mass is 32.2. The molecule has 8 heteroatoms. The molecule has 0 fully saturated rings. The topological polar surface area (TPSA) is 95.0 Å². The number of sulfonamides is 1. The normalized spacial score (nSPS) is 13.9. The number of benzene rings is 3. The van der Waals surface area contributed by atoms with Gasteiger partial charge in [-0.25, -0.2) is 8.42 Å². The number of aliphatic hydroxyl groups excluding tert-OH is 1.